The third-order valence-electron chi connectivity index (χ3n) is 4.74. The Balaban J connectivity index is 1.86. The summed E-state index contributed by atoms with van der Waals surface area (Å²) in [4.78, 5) is 9.76. The molecule has 2 aliphatic heterocycles. The first-order chi connectivity index (χ1) is 11.6. The fraction of sp³-hybridized carbons (Fsp3) is 0.316. The number of halogens is 1. The number of nitrogens with zero attached hydrogens (tertiary/aromatic N) is 3. The number of nitrogens with one attached hydrogen (secondary N) is 1. The number of hydrogen-bond acceptors (Lipinski definition) is 4. The van der Waals surface area contributed by atoms with Crippen LogP contribution in [0.2, 0.25) is 5.02 Å². The Morgan fingerprint density at radius 3 is 2.62 bits per heavy atom. The summed E-state index contributed by atoms with van der Waals surface area (Å²) < 4.78 is 0. The van der Waals surface area contributed by atoms with Crippen LogP contribution in [0.1, 0.15) is 11.1 Å². The molecular formula is C19H21ClN4. The summed E-state index contributed by atoms with van der Waals surface area (Å²) in [5, 5.41) is 4.29. The van der Waals surface area contributed by atoms with Crippen molar-refractivity contribution in [2.45, 2.75) is 6.92 Å². The fourth-order valence-electron chi connectivity index (χ4n) is 3.33. The van der Waals surface area contributed by atoms with E-state index in [-0.39, 0.29) is 0 Å². The summed E-state index contributed by atoms with van der Waals surface area (Å²) in [6.07, 6.45) is 0. The van der Waals surface area contributed by atoms with Crippen LogP contribution < -0.4 is 5.32 Å². The highest BCUT2D eigenvalue weighted by molar-refractivity contribution is 6.31. The first kappa shape index (κ1) is 15.5. The molecule has 0 radical (unpaired) electrons. The highest BCUT2D eigenvalue weighted by Crippen LogP contribution is 2.39. The van der Waals surface area contributed by atoms with E-state index in [9.17, 15) is 0 Å². The van der Waals surface area contributed by atoms with Crippen LogP contribution in [0.15, 0.2) is 41.4 Å². The Morgan fingerprint density at radius 1 is 1.08 bits per heavy atom. The van der Waals surface area contributed by atoms with Gasteiger partial charge in [-0.3, -0.25) is 0 Å². The van der Waals surface area contributed by atoms with Crippen molar-refractivity contribution in [3.05, 3.63) is 52.5 Å². The average Bonchev–Trinajstić information content (AvgIpc) is 2.73. The highest BCUT2D eigenvalue weighted by Gasteiger charge is 2.24. The maximum Gasteiger partial charge on any atom is 0.138 e. The molecule has 2 aromatic carbocycles. The van der Waals surface area contributed by atoms with Crippen LogP contribution in [0.5, 0.6) is 0 Å². The number of hydrogen-bond donors (Lipinski definition) is 1. The number of piperazine rings is 1. The second-order valence-corrected chi connectivity index (χ2v) is 6.95. The van der Waals surface area contributed by atoms with Crippen molar-refractivity contribution < 1.29 is 0 Å². The molecule has 1 N–H and O–H groups in total. The van der Waals surface area contributed by atoms with Crippen LogP contribution >= 0.6 is 11.6 Å². The molecule has 2 aromatic rings. The molecule has 0 atom stereocenters. The zero-order valence-electron chi connectivity index (χ0n) is 14.0. The van der Waals surface area contributed by atoms with E-state index >= 15 is 0 Å². The van der Waals surface area contributed by atoms with Crippen molar-refractivity contribution in [1.82, 2.24) is 9.80 Å². The minimum Gasteiger partial charge on any atom is -0.353 e. The summed E-state index contributed by atoms with van der Waals surface area (Å²) >= 11 is 6.28. The molecule has 0 saturated carbocycles. The van der Waals surface area contributed by atoms with Crippen LogP contribution in [0, 0.1) is 6.92 Å². The molecule has 0 aliphatic carbocycles. The lowest BCUT2D eigenvalue weighted by molar-refractivity contribution is 0.216. The number of amidine groups is 1. The van der Waals surface area contributed by atoms with Crippen molar-refractivity contribution in [3.63, 3.8) is 0 Å². The van der Waals surface area contributed by atoms with Crippen LogP contribution in [0.3, 0.4) is 0 Å². The molecule has 0 amide bonds. The molecule has 4 rings (SSSR count). The molecule has 5 heteroatoms. The number of rotatable bonds is 0. The lowest BCUT2D eigenvalue weighted by Gasteiger charge is -2.34. The second-order valence-electron chi connectivity index (χ2n) is 6.51. The topological polar surface area (TPSA) is 30.9 Å². The van der Waals surface area contributed by atoms with Gasteiger partial charge in [-0.15, -0.1) is 0 Å². The van der Waals surface area contributed by atoms with E-state index in [1.54, 1.807) is 0 Å². The minimum absolute atomic E-state index is 0.723. The van der Waals surface area contributed by atoms with Gasteiger partial charge in [-0.05, 0) is 43.8 Å². The van der Waals surface area contributed by atoms with E-state index in [0.29, 0.717) is 0 Å². The molecular weight excluding hydrogens is 320 g/mol. The number of para-hydroxylation sites is 1. The molecule has 124 valence electrons. The summed E-state index contributed by atoms with van der Waals surface area (Å²) in [6.45, 7) is 6.14. The Morgan fingerprint density at radius 2 is 1.83 bits per heavy atom. The number of benzene rings is 2. The third-order valence-corrected chi connectivity index (χ3v) is 4.95. The largest absolute Gasteiger partial charge is 0.353 e. The summed E-state index contributed by atoms with van der Waals surface area (Å²) in [5.74, 6) is 1.03. The molecule has 2 heterocycles. The SMILES string of the molecule is Cc1cc(Cl)cc2c1Nc1ccccc1C(N1CCN(C)CC1)=N2. The molecule has 4 nitrogen and oxygen atoms in total. The normalized spacial score (nSPS) is 17.5. The Labute approximate surface area is 147 Å². The maximum atomic E-state index is 6.28. The molecule has 0 aromatic heterocycles. The van der Waals surface area contributed by atoms with E-state index in [2.05, 4.69) is 53.4 Å². The van der Waals surface area contributed by atoms with Crippen LogP contribution in [0.4, 0.5) is 17.1 Å². The molecule has 0 bridgehead atoms. The molecule has 0 spiro atoms. The first-order valence-electron chi connectivity index (χ1n) is 8.30. The standard InChI is InChI=1S/C19H21ClN4/c1-13-11-14(20)12-17-18(13)21-16-6-4-3-5-15(16)19(22-17)24-9-7-23(2)8-10-24/h3-6,11-12,21H,7-10H2,1-2H3. The molecule has 0 unspecified atom stereocenters. The van der Waals surface area contributed by atoms with Gasteiger partial charge in [0.25, 0.3) is 0 Å². The van der Waals surface area contributed by atoms with E-state index in [0.717, 1.165) is 65.2 Å². The van der Waals surface area contributed by atoms with E-state index < -0.39 is 0 Å². The molecule has 24 heavy (non-hydrogen) atoms. The van der Waals surface area contributed by atoms with E-state index in [1.165, 1.54) is 0 Å². The molecule has 1 saturated heterocycles. The first-order valence-corrected chi connectivity index (χ1v) is 8.68. The van der Waals surface area contributed by atoms with Gasteiger partial charge in [-0.2, -0.15) is 0 Å². The van der Waals surface area contributed by atoms with Crippen LogP contribution in [-0.4, -0.2) is 48.9 Å². The number of aryl methyl sites for hydroxylation is 1. The predicted molar refractivity (Wildman–Crippen MR) is 101 cm³/mol. The minimum atomic E-state index is 0.723. The van der Waals surface area contributed by atoms with Gasteiger partial charge in [-0.1, -0.05) is 23.7 Å². The van der Waals surface area contributed by atoms with Gasteiger partial charge in [0.05, 0.1) is 11.4 Å². The van der Waals surface area contributed by atoms with Gasteiger partial charge in [0.1, 0.15) is 5.84 Å². The van der Waals surface area contributed by atoms with Gasteiger partial charge in [0, 0.05) is 42.5 Å². The van der Waals surface area contributed by atoms with Crippen molar-refractivity contribution in [2.24, 2.45) is 4.99 Å². The smallest absolute Gasteiger partial charge is 0.138 e. The maximum absolute atomic E-state index is 6.28. The third kappa shape index (κ3) is 2.76. The van der Waals surface area contributed by atoms with E-state index in [1.807, 2.05) is 12.1 Å². The van der Waals surface area contributed by atoms with Gasteiger partial charge < -0.3 is 15.1 Å². The molecule has 2 aliphatic rings. The predicted octanol–water partition coefficient (Wildman–Crippen LogP) is 4.03. The zero-order valence-corrected chi connectivity index (χ0v) is 14.8. The van der Waals surface area contributed by atoms with Gasteiger partial charge >= 0.3 is 0 Å². The second kappa shape index (κ2) is 6.11. The Hall–Kier alpha value is -2.04. The average molecular weight is 341 g/mol. The van der Waals surface area contributed by atoms with Gasteiger partial charge in [-0.25, -0.2) is 4.99 Å². The summed E-state index contributed by atoms with van der Waals surface area (Å²) in [6, 6.07) is 12.3. The van der Waals surface area contributed by atoms with Crippen molar-refractivity contribution in [2.75, 3.05) is 38.5 Å². The van der Waals surface area contributed by atoms with Gasteiger partial charge in [0.2, 0.25) is 0 Å². The number of likely N-dealkylation sites (N-methyl/N-ethyl adjacent to an activating group) is 1. The Bertz CT molecular complexity index is 807. The molecule has 1 fully saturated rings. The number of anilines is 2. The fourth-order valence-corrected chi connectivity index (χ4v) is 3.60. The van der Waals surface area contributed by atoms with Crippen LogP contribution in [0.25, 0.3) is 0 Å². The monoisotopic (exact) mass is 340 g/mol. The highest BCUT2D eigenvalue weighted by atomic mass is 35.5. The lowest BCUT2D eigenvalue weighted by Crippen LogP contribution is -2.47. The zero-order chi connectivity index (χ0) is 16.7. The summed E-state index contributed by atoms with van der Waals surface area (Å²) in [7, 11) is 2.17. The van der Waals surface area contributed by atoms with Crippen molar-refractivity contribution in [3.8, 4) is 0 Å². The quantitative estimate of drug-likeness (QED) is 0.785. The number of aliphatic imine (C=N–C) groups is 1. The summed E-state index contributed by atoms with van der Waals surface area (Å²) in [5.41, 5.74) is 5.30. The van der Waals surface area contributed by atoms with E-state index in [4.69, 9.17) is 16.6 Å². The van der Waals surface area contributed by atoms with Crippen molar-refractivity contribution in [1.29, 1.82) is 0 Å². The lowest BCUT2D eigenvalue weighted by atomic mass is 10.1. The Kier molecular flexibility index (Phi) is 3.94. The van der Waals surface area contributed by atoms with Crippen LogP contribution in [-0.2, 0) is 0 Å². The van der Waals surface area contributed by atoms with Crippen molar-refractivity contribution >= 4 is 34.5 Å². The number of fused-ring (bicyclic) bond motifs is 2. The van der Waals surface area contributed by atoms with Gasteiger partial charge in [0.15, 0.2) is 0 Å².